The fourth-order valence-corrected chi connectivity index (χ4v) is 3.58. The van der Waals surface area contributed by atoms with Gasteiger partial charge in [-0.3, -0.25) is 4.79 Å². The lowest BCUT2D eigenvalue weighted by Gasteiger charge is -2.12. The molecular formula is C18H18ClF3N2O3S. The monoisotopic (exact) mass is 434 g/mol. The molecule has 0 spiro atoms. The third kappa shape index (κ3) is 5.95. The van der Waals surface area contributed by atoms with E-state index in [1.807, 2.05) is 0 Å². The van der Waals surface area contributed by atoms with Gasteiger partial charge in [0, 0.05) is 13.0 Å². The second-order valence-electron chi connectivity index (χ2n) is 5.89. The summed E-state index contributed by atoms with van der Waals surface area (Å²) in [4.78, 5) is 12.2. The van der Waals surface area contributed by atoms with Crippen LogP contribution in [0.15, 0.2) is 47.4 Å². The van der Waals surface area contributed by atoms with E-state index in [2.05, 4.69) is 10.0 Å². The Bertz CT molecular complexity index is 946. The highest BCUT2D eigenvalue weighted by molar-refractivity contribution is 7.89. The van der Waals surface area contributed by atoms with Crippen molar-refractivity contribution in [2.24, 2.45) is 0 Å². The first-order valence-electron chi connectivity index (χ1n) is 8.28. The molecule has 0 aliphatic rings. The van der Waals surface area contributed by atoms with Gasteiger partial charge in [0.05, 0.1) is 21.2 Å². The van der Waals surface area contributed by atoms with Crippen molar-refractivity contribution in [3.8, 4) is 0 Å². The molecule has 10 heteroatoms. The van der Waals surface area contributed by atoms with Crippen LogP contribution in [0.4, 0.5) is 18.9 Å². The minimum absolute atomic E-state index is 0.000617. The van der Waals surface area contributed by atoms with Crippen LogP contribution in [0.3, 0.4) is 0 Å². The molecule has 0 aliphatic heterocycles. The van der Waals surface area contributed by atoms with Crippen LogP contribution in [0.25, 0.3) is 0 Å². The van der Waals surface area contributed by atoms with Gasteiger partial charge in [0.2, 0.25) is 15.9 Å². The number of rotatable bonds is 7. The zero-order valence-corrected chi connectivity index (χ0v) is 16.4. The van der Waals surface area contributed by atoms with Gasteiger partial charge in [-0.05, 0) is 42.3 Å². The van der Waals surface area contributed by atoms with Crippen LogP contribution in [0.2, 0.25) is 5.02 Å². The lowest BCUT2D eigenvalue weighted by atomic mass is 10.1. The number of hydrogen-bond acceptors (Lipinski definition) is 3. The van der Waals surface area contributed by atoms with E-state index < -0.39 is 27.7 Å². The van der Waals surface area contributed by atoms with Crippen molar-refractivity contribution >= 4 is 33.2 Å². The van der Waals surface area contributed by atoms with Crippen molar-refractivity contribution in [1.29, 1.82) is 0 Å². The van der Waals surface area contributed by atoms with Crippen molar-refractivity contribution in [3.05, 3.63) is 58.6 Å². The molecule has 1 amide bonds. The molecule has 0 saturated carbocycles. The number of sulfonamides is 1. The zero-order chi connectivity index (χ0) is 20.9. The number of carbonyl (C=O) groups excluding carboxylic acids is 1. The second-order valence-corrected chi connectivity index (χ2v) is 8.06. The van der Waals surface area contributed by atoms with Crippen molar-refractivity contribution < 1.29 is 26.4 Å². The molecule has 2 N–H and O–H groups in total. The summed E-state index contributed by atoms with van der Waals surface area (Å²) >= 11 is 5.85. The maximum Gasteiger partial charge on any atom is 0.416 e. The maximum absolute atomic E-state index is 12.8. The van der Waals surface area contributed by atoms with Crippen molar-refractivity contribution in [3.63, 3.8) is 0 Å². The first-order valence-corrected chi connectivity index (χ1v) is 10.1. The number of halogens is 4. The molecule has 0 bridgehead atoms. The summed E-state index contributed by atoms with van der Waals surface area (Å²) in [5.41, 5.74) is -0.320. The smallest absolute Gasteiger partial charge is 0.325 e. The molecule has 0 aromatic heterocycles. The van der Waals surface area contributed by atoms with E-state index in [-0.39, 0.29) is 35.0 Å². The van der Waals surface area contributed by atoms with Gasteiger partial charge in [-0.2, -0.15) is 13.2 Å². The molecule has 2 aromatic carbocycles. The minimum atomic E-state index is -4.54. The number of carbonyl (C=O) groups is 1. The van der Waals surface area contributed by atoms with Crippen molar-refractivity contribution in [2.75, 3.05) is 11.9 Å². The molecule has 28 heavy (non-hydrogen) atoms. The molecular weight excluding hydrogens is 417 g/mol. The molecule has 0 heterocycles. The highest BCUT2D eigenvalue weighted by Gasteiger charge is 2.31. The second kappa shape index (κ2) is 8.93. The van der Waals surface area contributed by atoms with Crippen LogP contribution >= 0.6 is 11.6 Å². The van der Waals surface area contributed by atoms with Gasteiger partial charge in [0.25, 0.3) is 0 Å². The predicted octanol–water partition coefficient (Wildman–Crippen LogP) is 4.23. The third-order valence-electron chi connectivity index (χ3n) is 3.78. The summed E-state index contributed by atoms with van der Waals surface area (Å²) in [6, 6.07) is 8.69. The van der Waals surface area contributed by atoms with Crippen LogP contribution in [0.5, 0.6) is 0 Å². The van der Waals surface area contributed by atoms with Crippen LogP contribution in [0.1, 0.15) is 24.5 Å². The number of aryl methyl sites for hydroxylation is 1. The number of alkyl halides is 3. The van der Waals surface area contributed by atoms with Gasteiger partial charge >= 0.3 is 6.18 Å². The molecule has 152 valence electrons. The number of benzene rings is 2. The van der Waals surface area contributed by atoms with E-state index in [9.17, 15) is 26.4 Å². The Morgan fingerprint density at radius 3 is 2.32 bits per heavy atom. The Hall–Kier alpha value is -2.10. The number of hydrogen-bond donors (Lipinski definition) is 2. The highest BCUT2D eigenvalue weighted by Crippen LogP contribution is 2.33. The Morgan fingerprint density at radius 2 is 1.75 bits per heavy atom. The van der Waals surface area contributed by atoms with Crippen molar-refractivity contribution in [1.82, 2.24) is 4.72 Å². The summed E-state index contributed by atoms with van der Waals surface area (Å²) in [7, 11) is -3.56. The first kappa shape index (κ1) is 22.2. The van der Waals surface area contributed by atoms with Gasteiger partial charge in [-0.15, -0.1) is 0 Å². The summed E-state index contributed by atoms with van der Waals surface area (Å²) < 4.78 is 64.4. The van der Waals surface area contributed by atoms with E-state index in [1.165, 1.54) is 12.1 Å². The maximum atomic E-state index is 12.8. The molecule has 0 atom stereocenters. The van der Waals surface area contributed by atoms with Gasteiger partial charge in [-0.1, -0.05) is 30.7 Å². The molecule has 2 aromatic rings. The van der Waals surface area contributed by atoms with E-state index >= 15 is 0 Å². The van der Waals surface area contributed by atoms with Gasteiger partial charge in [0.15, 0.2) is 0 Å². The van der Waals surface area contributed by atoms with Crippen molar-refractivity contribution in [2.45, 2.75) is 30.8 Å². The Labute approximate surface area is 166 Å². The molecule has 0 aliphatic carbocycles. The largest absolute Gasteiger partial charge is 0.416 e. The molecule has 0 unspecified atom stereocenters. The van der Waals surface area contributed by atoms with Gasteiger partial charge in [0.1, 0.15) is 0 Å². The average Bonchev–Trinajstić information content (AvgIpc) is 2.61. The predicted molar refractivity (Wildman–Crippen MR) is 101 cm³/mol. The lowest BCUT2D eigenvalue weighted by molar-refractivity contribution is -0.137. The first-order chi connectivity index (χ1) is 13.0. The standard InChI is InChI=1S/C18H18ClF3N2O3S/c1-2-23-28(26,27)14-7-3-12(4-8-14)5-10-17(25)24-16-11-13(18(20,21)22)6-9-15(16)19/h3-4,6-9,11,23H,2,5,10H2,1H3,(H,24,25). The normalized spacial score (nSPS) is 12.0. The summed E-state index contributed by atoms with van der Waals surface area (Å²) in [6.07, 6.45) is -4.27. The molecule has 0 fully saturated rings. The number of anilines is 1. The lowest BCUT2D eigenvalue weighted by Crippen LogP contribution is -2.23. The quantitative estimate of drug-likeness (QED) is 0.684. The van der Waals surface area contributed by atoms with Crippen LogP contribution in [0, 0.1) is 0 Å². The SMILES string of the molecule is CCNS(=O)(=O)c1ccc(CCC(=O)Nc2cc(C(F)(F)F)ccc2Cl)cc1. The summed E-state index contributed by atoms with van der Waals surface area (Å²) in [5, 5.41) is 2.37. The Morgan fingerprint density at radius 1 is 1.11 bits per heavy atom. The van der Waals surface area contributed by atoms with E-state index in [1.54, 1.807) is 19.1 Å². The topological polar surface area (TPSA) is 75.3 Å². The van der Waals surface area contributed by atoms with Gasteiger partial charge in [-0.25, -0.2) is 13.1 Å². The van der Waals surface area contributed by atoms with Crippen LogP contribution in [-0.4, -0.2) is 20.9 Å². The Balaban J connectivity index is 2.00. The number of amides is 1. The van der Waals surface area contributed by atoms with E-state index in [4.69, 9.17) is 11.6 Å². The average molecular weight is 435 g/mol. The molecule has 2 rings (SSSR count). The van der Waals surface area contributed by atoms with Crippen LogP contribution < -0.4 is 10.0 Å². The van der Waals surface area contributed by atoms with E-state index in [0.717, 1.165) is 18.2 Å². The summed E-state index contributed by atoms with van der Waals surface area (Å²) in [5.74, 6) is -0.509. The fraction of sp³-hybridized carbons (Fsp3) is 0.278. The molecule has 5 nitrogen and oxygen atoms in total. The minimum Gasteiger partial charge on any atom is -0.325 e. The highest BCUT2D eigenvalue weighted by atomic mass is 35.5. The van der Waals surface area contributed by atoms with Gasteiger partial charge < -0.3 is 5.32 Å². The Kier molecular flexibility index (Phi) is 7.08. The van der Waals surface area contributed by atoms with Crippen LogP contribution in [-0.2, 0) is 27.4 Å². The number of nitrogens with one attached hydrogen (secondary N) is 2. The zero-order valence-electron chi connectivity index (χ0n) is 14.8. The van der Waals surface area contributed by atoms with E-state index in [0.29, 0.717) is 5.56 Å². The fourth-order valence-electron chi connectivity index (χ4n) is 2.38. The molecule has 0 saturated heterocycles. The summed E-state index contributed by atoms with van der Waals surface area (Å²) in [6.45, 7) is 1.93. The third-order valence-corrected chi connectivity index (χ3v) is 5.67. The molecule has 0 radical (unpaired) electrons.